The summed E-state index contributed by atoms with van der Waals surface area (Å²) >= 11 is 0. The maximum Gasteiger partial charge on any atom is 0.315 e. The lowest BCUT2D eigenvalue weighted by Gasteiger charge is -2.37. The van der Waals surface area contributed by atoms with Gasteiger partial charge in [0.05, 0.1) is 12.0 Å². The first-order chi connectivity index (χ1) is 9.38. The summed E-state index contributed by atoms with van der Waals surface area (Å²) in [5.74, 6) is -0.440. The van der Waals surface area contributed by atoms with Gasteiger partial charge >= 0.3 is 12.0 Å². The number of hydrogen-bond donors (Lipinski definition) is 3. The van der Waals surface area contributed by atoms with Gasteiger partial charge in [0.25, 0.3) is 0 Å². The van der Waals surface area contributed by atoms with Gasteiger partial charge in [0.2, 0.25) is 0 Å². The van der Waals surface area contributed by atoms with E-state index in [4.69, 9.17) is 5.11 Å². The van der Waals surface area contributed by atoms with E-state index in [1.165, 1.54) is 0 Å². The van der Waals surface area contributed by atoms with Crippen molar-refractivity contribution in [3.63, 3.8) is 0 Å². The molecule has 2 amide bonds. The van der Waals surface area contributed by atoms with E-state index < -0.39 is 11.5 Å². The molecule has 20 heavy (non-hydrogen) atoms. The molecule has 0 aromatic heterocycles. The Morgan fingerprint density at radius 1 is 1.20 bits per heavy atom. The van der Waals surface area contributed by atoms with Crippen LogP contribution >= 0.6 is 0 Å². The number of rotatable bonds is 6. The van der Waals surface area contributed by atoms with Crippen LogP contribution < -0.4 is 10.6 Å². The Kier molecular flexibility index (Phi) is 6.30. The number of amides is 2. The van der Waals surface area contributed by atoms with Crippen LogP contribution in [-0.4, -0.2) is 28.7 Å². The second-order valence-electron chi connectivity index (χ2n) is 6.18. The summed E-state index contributed by atoms with van der Waals surface area (Å²) in [6.07, 6.45) is 5.60. The number of carbonyl (C=O) groups is 2. The van der Waals surface area contributed by atoms with Gasteiger partial charge in [-0.3, -0.25) is 4.79 Å². The maximum atomic E-state index is 12.1. The van der Waals surface area contributed by atoms with Gasteiger partial charge < -0.3 is 15.7 Å². The minimum Gasteiger partial charge on any atom is -0.481 e. The SMILES string of the molecule is CCC(C)C(C)NC(=O)NC1(CC(=O)O)CCCCC1. The molecule has 0 aromatic carbocycles. The highest BCUT2D eigenvalue weighted by atomic mass is 16.4. The van der Waals surface area contributed by atoms with E-state index in [-0.39, 0.29) is 18.5 Å². The number of carboxylic acid groups (broad SMARTS) is 1. The summed E-state index contributed by atoms with van der Waals surface area (Å²) in [6, 6.07) is -0.147. The molecule has 3 N–H and O–H groups in total. The van der Waals surface area contributed by atoms with Crippen LogP contribution in [-0.2, 0) is 4.79 Å². The molecule has 2 atom stereocenters. The van der Waals surface area contributed by atoms with E-state index in [1.54, 1.807) is 0 Å². The molecule has 0 heterocycles. The lowest BCUT2D eigenvalue weighted by molar-refractivity contribution is -0.139. The lowest BCUT2D eigenvalue weighted by atomic mass is 9.79. The van der Waals surface area contributed by atoms with Gasteiger partial charge in [-0.2, -0.15) is 0 Å². The van der Waals surface area contributed by atoms with Gasteiger partial charge in [-0.05, 0) is 25.7 Å². The molecule has 5 heteroatoms. The Balaban J connectivity index is 2.60. The van der Waals surface area contributed by atoms with Crippen molar-refractivity contribution in [2.24, 2.45) is 5.92 Å². The fraction of sp³-hybridized carbons (Fsp3) is 0.867. The zero-order valence-corrected chi connectivity index (χ0v) is 12.9. The van der Waals surface area contributed by atoms with Crippen molar-refractivity contribution in [2.45, 2.75) is 77.3 Å². The van der Waals surface area contributed by atoms with Crippen molar-refractivity contribution in [1.82, 2.24) is 10.6 Å². The van der Waals surface area contributed by atoms with Crippen LogP contribution in [0.5, 0.6) is 0 Å². The Morgan fingerprint density at radius 3 is 2.30 bits per heavy atom. The third kappa shape index (κ3) is 5.02. The molecule has 0 bridgehead atoms. The first kappa shape index (κ1) is 16.8. The zero-order valence-electron chi connectivity index (χ0n) is 12.9. The Labute approximate surface area is 121 Å². The fourth-order valence-electron chi connectivity index (χ4n) is 2.84. The third-order valence-electron chi connectivity index (χ3n) is 4.54. The Morgan fingerprint density at radius 2 is 1.80 bits per heavy atom. The van der Waals surface area contributed by atoms with Crippen LogP contribution in [0.15, 0.2) is 0 Å². The second-order valence-corrected chi connectivity index (χ2v) is 6.18. The number of carboxylic acids is 1. The van der Waals surface area contributed by atoms with Crippen LogP contribution in [0.4, 0.5) is 4.79 Å². The van der Waals surface area contributed by atoms with Crippen molar-refractivity contribution in [3.8, 4) is 0 Å². The van der Waals surface area contributed by atoms with Crippen molar-refractivity contribution < 1.29 is 14.7 Å². The smallest absolute Gasteiger partial charge is 0.315 e. The molecule has 0 spiro atoms. The molecule has 2 unspecified atom stereocenters. The fourth-order valence-corrected chi connectivity index (χ4v) is 2.84. The van der Waals surface area contributed by atoms with E-state index >= 15 is 0 Å². The molecule has 116 valence electrons. The van der Waals surface area contributed by atoms with E-state index in [9.17, 15) is 9.59 Å². The zero-order chi connectivity index (χ0) is 15.2. The number of aliphatic carboxylic acids is 1. The van der Waals surface area contributed by atoms with Crippen molar-refractivity contribution in [3.05, 3.63) is 0 Å². The average Bonchev–Trinajstić information content (AvgIpc) is 2.37. The average molecular weight is 284 g/mol. The Bertz CT molecular complexity index is 338. The normalized spacial score (nSPS) is 20.8. The monoisotopic (exact) mass is 284 g/mol. The van der Waals surface area contributed by atoms with Crippen LogP contribution in [0, 0.1) is 5.92 Å². The number of carbonyl (C=O) groups excluding carboxylic acids is 1. The van der Waals surface area contributed by atoms with Gasteiger partial charge in [0.1, 0.15) is 0 Å². The summed E-state index contributed by atoms with van der Waals surface area (Å²) in [7, 11) is 0. The maximum absolute atomic E-state index is 12.1. The molecule has 0 aromatic rings. The van der Waals surface area contributed by atoms with Gasteiger partial charge in [-0.25, -0.2) is 4.79 Å². The molecule has 1 rings (SSSR count). The molecule has 0 aliphatic heterocycles. The number of nitrogens with one attached hydrogen (secondary N) is 2. The highest BCUT2D eigenvalue weighted by Crippen LogP contribution is 2.31. The van der Waals surface area contributed by atoms with Crippen molar-refractivity contribution in [2.75, 3.05) is 0 Å². The topological polar surface area (TPSA) is 78.4 Å². The summed E-state index contributed by atoms with van der Waals surface area (Å²) < 4.78 is 0. The molecule has 1 aliphatic rings. The van der Waals surface area contributed by atoms with Crippen LogP contribution in [0.2, 0.25) is 0 Å². The number of urea groups is 1. The predicted octanol–water partition coefficient (Wildman–Crippen LogP) is 2.90. The van der Waals surface area contributed by atoms with Crippen LogP contribution in [0.3, 0.4) is 0 Å². The highest BCUT2D eigenvalue weighted by Gasteiger charge is 2.36. The van der Waals surface area contributed by atoms with E-state index in [0.717, 1.165) is 38.5 Å². The largest absolute Gasteiger partial charge is 0.481 e. The molecule has 5 nitrogen and oxygen atoms in total. The molecule has 0 radical (unpaired) electrons. The van der Waals surface area contributed by atoms with Crippen molar-refractivity contribution >= 4 is 12.0 Å². The Hall–Kier alpha value is -1.26. The minimum absolute atomic E-state index is 0.0120. The molecule has 1 saturated carbocycles. The molecular weight excluding hydrogens is 256 g/mol. The van der Waals surface area contributed by atoms with E-state index in [2.05, 4.69) is 24.5 Å². The first-order valence-electron chi connectivity index (χ1n) is 7.69. The molecule has 1 aliphatic carbocycles. The third-order valence-corrected chi connectivity index (χ3v) is 4.54. The van der Waals surface area contributed by atoms with Crippen molar-refractivity contribution in [1.29, 1.82) is 0 Å². The van der Waals surface area contributed by atoms with Gasteiger partial charge in [-0.15, -0.1) is 0 Å². The second kappa shape index (κ2) is 7.50. The number of hydrogen-bond acceptors (Lipinski definition) is 2. The summed E-state index contributed by atoms with van der Waals surface area (Å²) in [6.45, 7) is 6.17. The standard InChI is InChI=1S/C15H28N2O3/c1-4-11(2)12(3)16-14(20)17-15(10-13(18)19)8-6-5-7-9-15/h11-12H,4-10H2,1-3H3,(H,18,19)(H2,16,17,20). The molecule has 0 saturated heterocycles. The quantitative estimate of drug-likeness (QED) is 0.701. The minimum atomic E-state index is -0.845. The highest BCUT2D eigenvalue weighted by molar-refractivity contribution is 5.77. The molecular formula is C15H28N2O3. The van der Waals surface area contributed by atoms with Gasteiger partial charge in [-0.1, -0.05) is 39.5 Å². The predicted molar refractivity (Wildman–Crippen MR) is 78.7 cm³/mol. The van der Waals surface area contributed by atoms with E-state index in [0.29, 0.717) is 5.92 Å². The summed E-state index contributed by atoms with van der Waals surface area (Å²) in [5, 5.41) is 15.0. The van der Waals surface area contributed by atoms with Crippen LogP contribution in [0.25, 0.3) is 0 Å². The van der Waals surface area contributed by atoms with Crippen LogP contribution in [0.1, 0.15) is 65.7 Å². The van der Waals surface area contributed by atoms with Gasteiger partial charge in [0.15, 0.2) is 0 Å². The first-order valence-corrected chi connectivity index (χ1v) is 7.69. The molecule has 1 fully saturated rings. The van der Waals surface area contributed by atoms with Gasteiger partial charge in [0, 0.05) is 6.04 Å². The van der Waals surface area contributed by atoms with E-state index in [1.807, 2.05) is 6.92 Å². The lowest BCUT2D eigenvalue weighted by Crippen LogP contribution is -2.56. The summed E-state index contributed by atoms with van der Waals surface area (Å²) in [5.41, 5.74) is -0.566. The summed E-state index contributed by atoms with van der Waals surface area (Å²) in [4.78, 5) is 23.2.